The summed E-state index contributed by atoms with van der Waals surface area (Å²) < 4.78 is 59.7. The van der Waals surface area contributed by atoms with Gasteiger partial charge in [0.2, 0.25) is 5.91 Å². The summed E-state index contributed by atoms with van der Waals surface area (Å²) in [6.07, 6.45) is 3.05. The third kappa shape index (κ3) is 7.96. The van der Waals surface area contributed by atoms with Crippen LogP contribution in [0.5, 0.6) is 0 Å². The fourth-order valence-corrected chi connectivity index (χ4v) is 5.27. The number of hydrogen-bond acceptors (Lipinski definition) is 4. The zero-order valence-corrected chi connectivity index (χ0v) is 23.3. The van der Waals surface area contributed by atoms with E-state index in [1.807, 2.05) is 25.1 Å². The van der Waals surface area contributed by atoms with Crippen molar-refractivity contribution in [3.05, 3.63) is 89.8 Å². The van der Waals surface area contributed by atoms with Crippen LogP contribution in [0.25, 0.3) is 17.3 Å². The zero-order chi connectivity index (χ0) is 30.3. The fraction of sp³-hybridized carbons (Fsp3) is 0.344. The Hall–Kier alpha value is -4.21. The lowest BCUT2D eigenvalue weighted by atomic mass is 9.77. The molecule has 1 N–H and O–H groups in total. The van der Waals surface area contributed by atoms with Gasteiger partial charge in [-0.3, -0.25) is 14.6 Å². The van der Waals surface area contributed by atoms with E-state index in [9.17, 15) is 27.2 Å². The molecule has 1 fully saturated rings. The molecule has 0 spiro atoms. The maximum absolute atomic E-state index is 13.3. The lowest BCUT2D eigenvalue weighted by molar-refractivity contribution is -0.144. The Labute approximate surface area is 241 Å². The molecular weight excluding hydrogens is 550 g/mol. The molecule has 42 heavy (non-hydrogen) atoms. The number of benzene rings is 2. The molecule has 2 aromatic carbocycles. The van der Waals surface area contributed by atoms with E-state index in [0.29, 0.717) is 36.4 Å². The minimum absolute atomic E-state index is 0.117. The van der Waals surface area contributed by atoms with Crippen LogP contribution in [-0.4, -0.2) is 29.6 Å². The molecule has 0 bridgehead atoms. The van der Waals surface area contributed by atoms with E-state index < -0.39 is 35.7 Å². The third-order valence-electron chi connectivity index (χ3n) is 7.42. The first-order valence-electron chi connectivity index (χ1n) is 13.8. The van der Waals surface area contributed by atoms with Gasteiger partial charge in [0.1, 0.15) is 17.8 Å². The number of alkyl halides is 3. The normalized spacial score (nSPS) is 17.5. The smallest absolute Gasteiger partial charge is 0.418 e. The van der Waals surface area contributed by atoms with Gasteiger partial charge in [-0.1, -0.05) is 30.8 Å². The van der Waals surface area contributed by atoms with Gasteiger partial charge in [0, 0.05) is 18.8 Å². The highest BCUT2D eigenvalue weighted by molar-refractivity contribution is 5.93. The second-order valence-corrected chi connectivity index (χ2v) is 10.3. The highest BCUT2D eigenvalue weighted by Gasteiger charge is 2.34. The van der Waals surface area contributed by atoms with Gasteiger partial charge >= 0.3 is 12.1 Å². The van der Waals surface area contributed by atoms with Crippen LogP contribution < -0.4 is 10.8 Å². The minimum atomic E-state index is -4.83. The molecule has 6 nitrogen and oxygen atoms in total. The highest BCUT2D eigenvalue weighted by atomic mass is 19.4. The fourth-order valence-electron chi connectivity index (χ4n) is 5.27. The molecule has 222 valence electrons. The Morgan fingerprint density at radius 1 is 1.05 bits per heavy atom. The number of anilines is 1. The van der Waals surface area contributed by atoms with Gasteiger partial charge in [-0.2, -0.15) is 13.2 Å². The van der Waals surface area contributed by atoms with E-state index in [-0.39, 0.29) is 5.97 Å². The van der Waals surface area contributed by atoms with E-state index in [1.54, 1.807) is 16.8 Å². The van der Waals surface area contributed by atoms with Gasteiger partial charge in [-0.05, 0) is 91.5 Å². The number of amides is 1. The maximum atomic E-state index is 13.3. The molecule has 0 radical (unpaired) electrons. The molecule has 0 atom stereocenters. The molecule has 0 unspecified atom stereocenters. The van der Waals surface area contributed by atoms with Crippen molar-refractivity contribution in [2.75, 3.05) is 18.5 Å². The molecule has 0 saturated heterocycles. The van der Waals surface area contributed by atoms with Gasteiger partial charge < -0.3 is 14.6 Å². The van der Waals surface area contributed by atoms with Crippen LogP contribution in [0.3, 0.4) is 0 Å². The summed E-state index contributed by atoms with van der Waals surface area (Å²) in [5.74, 6) is -1.12. The van der Waals surface area contributed by atoms with E-state index in [1.165, 1.54) is 11.8 Å². The van der Waals surface area contributed by atoms with Crippen LogP contribution in [0.1, 0.15) is 56.1 Å². The van der Waals surface area contributed by atoms with Crippen LogP contribution in [0, 0.1) is 11.7 Å². The van der Waals surface area contributed by atoms with Crippen molar-refractivity contribution in [3.63, 3.8) is 0 Å². The lowest BCUT2D eigenvalue weighted by Gasteiger charge is -2.28. The molecule has 0 aliphatic heterocycles. The maximum Gasteiger partial charge on any atom is 0.418 e. The monoisotopic (exact) mass is 583 g/mol. The number of pyridine rings is 1. The van der Waals surface area contributed by atoms with Crippen molar-refractivity contribution in [2.24, 2.45) is 10.9 Å². The predicted octanol–water partition coefficient (Wildman–Crippen LogP) is 7.18. The molecular formula is C32H33F4N3O3. The second kappa shape index (κ2) is 13.6. The zero-order valence-electron chi connectivity index (χ0n) is 23.3. The Kier molecular flexibility index (Phi) is 9.98. The molecule has 1 heterocycles. The summed E-state index contributed by atoms with van der Waals surface area (Å²) in [6.45, 7) is 5.58. The molecule has 1 aromatic heterocycles. The quantitative estimate of drug-likeness (QED) is 0.214. The first-order chi connectivity index (χ1) is 20.1. The van der Waals surface area contributed by atoms with E-state index >= 15 is 0 Å². The van der Waals surface area contributed by atoms with Gasteiger partial charge in [0.05, 0.1) is 17.9 Å². The summed E-state index contributed by atoms with van der Waals surface area (Å²) in [6, 6.07) is 13.9. The number of rotatable bonds is 9. The Balaban J connectivity index is 1.40. The van der Waals surface area contributed by atoms with Gasteiger partial charge in [0.25, 0.3) is 0 Å². The summed E-state index contributed by atoms with van der Waals surface area (Å²) in [5.41, 5.74) is 1.71. The van der Waals surface area contributed by atoms with Crippen LogP contribution in [0.4, 0.5) is 23.2 Å². The van der Waals surface area contributed by atoms with Crippen molar-refractivity contribution >= 4 is 23.8 Å². The van der Waals surface area contributed by atoms with Crippen molar-refractivity contribution in [2.45, 2.75) is 51.1 Å². The van der Waals surface area contributed by atoms with Crippen molar-refractivity contribution in [1.29, 1.82) is 0 Å². The van der Waals surface area contributed by atoms with Crippen molar-refractivity contribution in [3.8, 4) is 11.1 Å². The van der Waals surface area contributed by atoms with Gasteiger partial charge in [-0.15, -0.1) is 0 Å². The number of nitrogens with one attached hydrogen (secondary N) is 1. The minimum Gasteiger partial charge on any atom is -0.466 e. The first kappa shape index (κ1) is 30.7. The Morgan fingerprint density at radius 2 is 1.74 bits per heavy atom. The summed E-state index contributed by atoms with van der Waals surface area (Å²) in [5, 5.41) is 2.16. The molecule has 1 amide bonds. The number of hydrogen-bond donors (Lipinski definition) is 1. The highest BCUT2D eigenvalue weighted by Crippen LogP contribution is 2.38. The average molecular weight is 584 g/mol. The number of ether oxygens (including phenoxy) is 1. The average Bonchev–Trinajstić information content (AvgIpc) is 2.97. The Bertz CT molecular complexity index is 1490. The number of carbonyl (C=O) groups excluding carboxylic acids is 2. The molecule has 1 aliphatic rings. The summed E-state index contributed by atoms with van der Waals surface area (Å²) in [7, 11) is 0. The van der Waals surface area contributed by atoms with Crippen LogP contribution in [0.2, 0.25) is 0 Å². The summed E-state index contributed by atoms with van der Waals surface area (Å²) >= 11 is 0. The van der Waals surface area contributed by atoms with Gasteiger partial charge in [-0.25, -0.2) is 4.39 Å². The molecule has 10 heteroatoms. The molecule has 1 saturated carbocycles. The number of aromatic nitrogens is 1. The van der Waals surface area contributed by atoms with Crippen LogP contribution >= 0.6 is 0 Å². The SMILES string of the molecule is C=Cn1cc(-c2ccc(C3CCC(CC(=O)OCC)CC3)cc2)ccc1=NCC(=O)Nc1ccc(F)cc1C(F)(F)F. The molecule has 3 aromatic rings. The Morgan fingerprint density at radius 3 is 2.38 bits per heavy atom. The van der Waals surface area contributed by atoms with E-state index in [0.717, 1.165) is 48.9 Å². The van der Waals surface area contributed by atoms with Crippen molar-refractivity contribution in [1.82, 2.24) is 4.57 Å². The van der Waals surface area contributed by atoms with Crippen molar-refractivity contribution < 1.29 is 31.9 Å². The predicted molar refractivity (Wildman–Crippen MR) is 153 cm³/mol. The third-order valence-corrected chi connectivity index (χ3v) is 7.42. The second-order valence-electron chi connectivity index (χ2n) is 10.3. The largest absolute Gasteiger partial charge is 0.466 e. The first-order valence-corrected chi connectivity index (χ1v) is 13.8. The summed E-state index contributed by atoms with van der Waals surface area (Å²) in [4.78, 5) is 28.4. The van der Waals surface area contributed by atoms with E-state index in [2.05, 4.69) is 29.0 Å². The molecule has 4 rings (SSSR count). The number of esters is 1. The standard InChI is InChI=1S/C32H33F4N3O3/c1-3-39-20-25(24-11-9-23(10-12-24)22-7-5-21(6-8-22)17-31(41)42-4-2)13-16-29(39)37-19-30(40)38-28-15-14-26(33)18-27(28)32(34,35)36/h3,9-16,18,20-22H,1,4-8,17,19H2,2H3,(H,38,40). The number of nitrogens with zero attached hydrogens (tertiary/aromatic N) is 2. The lowest BCUT2D eigenvalue weighted by Crippen LogP contribution is -2.22. The van der Waals surface area contributed by atoms with Crippen LogP contribution in [-0.2, 0) is 20.5 Å². The molecule has 1 aliphatic carbocycles. The number of carbonyl (C=O) groups is 2. The number of halogens is 4. The van der Waals surface area contributed by atoms with Crippen LogP contribution in [0.15, 0.2) is 72.4 Å². The topological polar surface area (TPSA) is 72.7 Å². The van der Waals surface area contributed by atoms with E-state index in [4.69, 9.17) is 4.74 Å². The van der Waals surface area contributed by atoms with Gasteiger partial charge in [0.15, 0.2) is 0 Å².